The second-order valence-corrected chi connectivity index (χ2v) is 8.83. The number of carbonyl (C=O) groups excluding carboxylic acids is 1. The first-order valence-electron chi connectivity index (χ1n) is 8.43. The monoisotopic (exact) mass is 497 g/mol. The summed E-state index contributed by atoms with van der Waals surface area (Å²) < 4.78 is 12.8. The van der Waals surface area contributed by atoms with Crippen molar-refractivity contribution in [1.29, 1.82) is 0 Å². The molecule has 0 saturated carbocycles. The van der Waals surface area contributed by atoms with E-state index in [-0.39, 0.29) is 5.91 Å². The summed E-state index contributed by atoms with van der Waals surface area (Å²) in [6.45, 7) is 2.85. The highest BCUT2D eigenvalue weighted by Gasteiger charge is 2.30. The van der Waals surface area contributed by atoms with Crippen LogP contribution in [0.4, 0.5) is 0 Å². The standard InChI is InChI=1S/C20H17BrClNO3S2/c1-3-23-19(24)18(28-20(23)27)9-13-8-16(25-2)17(10-15(13)21)26-11-12-4-6-14(22)7-5-12/h4-10H,3,11H2,1-2H3/b18-9-. The van der Waals surface area contributed by atoms with Crippen LogP contribution in [0.3, 0.4) is 0 Å². The number of hydrogen-bond acceptors (Lipinski definition) is 5. The van der Waals surface area contributed by atoms with E-state index in [9.17, 15) is 4.79 Å². The third-order valence-electron chi connectivity index (χ3n) is 4.07. The first kappa shape index (κ1) is 21.2. The van der Waals surface area contributed by atoms with Gasteiger partial charge in [0.1, 0.15) is 10.9 Å². The maximum Gasteiger partial charge on any atom is 0.266 e. The summed E-state index contributed by atoms with van der Waals surface area (Å²) in [6.07, 6.45) is 1.81. The van der Waals surface area contributed by atoms with Crippen LogP contribution < -0.4 is 9.47 Å². The fraction of sp³-hybridized carbons (Fsp3) is 0.200. The molecule has 1 aliphatic heterocycles. The summed E-state index contributed by atoms with van der Waals surface area (Å²) in [5.41, 5.74) is 1.81. The van der Waals surface area contributed by atoms with Crippen LogP contribution in [0.2, 0.25) is 5.02 Å². The lowest BCUT2D eigenvalue weighted by molar-refractivity contribution is -0.121. The van der Waals surface area contributed by atoms with Crippen molar-refractivity contribution in [2.45, 2.75) is 13.5 Å². The largest absolute Gasteiger partial charge is 0.493 e. The Balaban J connectivity index is 1.83. The molecule has 1 heterocycles. The fourth-order valence-corrected chi connectivity index (χ4v) is 4.53. The molecule has 0 spiro atoms. The average Bonchev–Trinajstić information content (AvgIpc) is 2.95. The Kier molecular flexibility index (Phi) is 7.04. The fourth-order valence-electron chi connectivity index (χ4n) is 2.59. The Hall–Kier alpha value is -1.54. The molecule has 0 unspecified atom stereocenters. The zero-order valence-electron chi connectivity index (χ0n) is 15.2. The van der Waals surface area contributed by atoms with E-state index in [0.717, 1.165) is 15.6 Å². The maximum atomic E-state index is 12.4. The number of likely N-dealkylation sites (N-methyl/N-ethyl adjacent to an activating group) is 1. The van der Waals surface area contributed by atoms with Crippen molar-refractivity contribution < 1.29 is 14.3 Å². The number of nitrogens with zero attached hydrogens (tertiary/aromatic N) is 1. The molecule has 146 valence electrons. The van der Waals surface area contributed by atoms with E-state index in [2.05, 4.69) is 15.9 Å². The second kappa shape index (κ2) is 9.31. The molecule has 8 heteroatoms. The van der Waals surface area contributed by atoms with Gasteiger partial charge in [-0.3, -0.25) is 9.69 Å². The van der Waals surface area contributed by atoms with Gasteiger partial charge in [-0.05, 0) is 48.4 Å². The zero-order valence-corrected chi connectivity index (χ0v) is 19.2. The first-order chi connectivity index (χ1) is 13.4. The van der Waals surface area contributed by atoms with E-state index < -0.39 is 0 Å². The molecule has 0 radical (unpaired) electrons. The van der Waals surface area contributed by atoms with Gasteiger partial charge in [0.15, 0.2) is 11.5 Å². The van der Waals surface area contributed by atoms with E-state index in [4.69, 9.17) is 33.3 Å². The Labute approximate surface area is 187 Å². The summed E-state index contributed by atoms with van der Waals surface area (Å²) in [6, 6.07) is 11.1. The molecule has 0 aliphatic carbocycles. The smallest absolute Gasteiger partial charge is 0.266 e. The van der Waals surface area contributed by atoms with Gasteiger partial charge in [0.05, 0.1) is 12.0 Å². The molecule has 0 N–H and O–H groups in total. The van der Waals surface area contributed by atoms with Crippen molar-refractivity contribution in [1.82, 2.24) is 4.90 Å². The van der Waals surface area contributed by atoms with Gasteiger partial charge in [-0.25, -0.2) is 0 Å². The number of amides is 1. The molecule has 2 aromatic rings. The predicted octanol–water partition coefficient (Wildman–Crippen LogP) is 5.91. The van der Waals surface area contributed by atoms with Crippen LogP contribution in [0, 0.1) is 0 Å². The molecule has 28 heavy (non-hydrogen) atoms. The van der Waals surface area contributed by atoms with E-state index in [0.29, 0.717) is 38.9 Å². The summed E-state index contributed by atoms with van der Waals surface area (Å²) >= 11 is 16.0. The molecular weight excluding hydrogens is 482 g/mol. The molecule has 3 rings (SSSR count). The normalized spacial score (nSPS) is 15.4. The summed E-state index contributed by atoms with van der Waals surface area (Å²) in [5.74, 6) is 1.10. The number of benzene rings is 2. The quantitative estimate of drug-likeness (QED) is 0.366. The van der Waals surface area contributed by atoms with Crippen LogP contribution in [0.5, 0.6) is 11.5 Å². The van der Waals surface area contributed by atoms with Gasteiger partial charge in [0.2, 0.25) is 0 Å². The number of carbonyl (C=O) groups is 1. The SMILES string of the molecule is CCN1C(=O)/C(=C/c2cc(OC)c(OCc3ccc(Cl)cc3)cc2Br)SC1=S. The summed E-state index contributed by atoms with van der Waals surface area (Å²) in [4.78, 5) is 14.6. The highest BCUT2D eigenvalue weighted by atomic mass is 79.9. The van der Waals surface area contributed by atoms with Crippen molar-refractivity contribution >= 4 is 67.8 Å². The summed E-state index contributed by atoms with van der Waals surface area (Å²) in [7, 11) is 1.58. The molecule has 0 aromatic heterocycles. The average molecular weight is 499 g/mol. The van der Waals surface area contributed by atoms with Gasteiger partial charge < -0.3 is 9.47 Å². The second-order valence-electron chi connectivity index (χ2n) is 5.87. The summed E-state index contributed by atoms with van der Waals surface area (Å²) in [5, 5.41) is 0.682. The number of ether oxygens (including phenoxy) is 2. The third-order valence-corrected chi connectivity index (χ3v) is 6.38. The van der Waals surface area contributed by atoms with Crippen LogP contribution in [-0.4, -0.2) is 28.8 Å². The highest BCUT2D eigenvalue weighted by Crippen LogP contribution is 2.38. The van der Waals surface area contributed by atoms with E-state index >= 15 is 0 Å². The maximum absolute atomic E-state index is 12.4. The van der Waals surface area contributed by atoms with Crippen LogP contribution in [-0.2, 0) is 11.4 Å². The number of rotatable bonds is 6. The predicted molar refractivity (Wildman–Crippen MR) is 122 cm³/mol. The van der Waals surface area contributed by atoms with Crippen molar-refractivity contribution in [3.63, 3.8) is 0 Å². The minimum absolute atomic E-state index is 0.0774. The van der Waals surface area contributed by atoms with Gasteiger partial charge >= 0.3 is 0 Å². The molecule has 1 fully saturated rings. The van der Waals surface area contributed by atoms with Gasteiger partial charge in [0, 0.05) is 16.0 Å². The number of thiocarbonyl (C=S) groups is 1. The number of thioether (sulfide) groups is 1. The lowest BCUT2D eigenvalue weighted by Gasteiger charge is -2.13. The first-order valence-corrected chi connectivity index (χ1v) is 10.8. The van der Waals surface area contributed by atoms with E-state index in [1.54, 1.807) is 12.0 Å². The minimum Gasteiger partial charge on any atom is -0.493 e. The van der Waals surface area contributed by atoms with Gasteiger partial charge in [-0.2, -0.15) is 0 Å². The van der Waals surface area contributed by atoms with Crippen molar-refractivity contribution in [2.75, 3.05) is 13.7 Å². The van der Waals surface area contributed by atoms with Crippen molar-refractivity contribution in [3.05, 3.63) is 61.9 Å². The lowest BCUT2D eigenvalue weighted by Crippen LogP contribution is -2.27. The van der Waals surface area contributed by atoms with Gasteiger partial charge in [-0.15, -0.1) is 0 Å². The number of halogens is 2. The van der Waals surface area contributed by atoms with Crippen LogP contribution >= 0.6 is 51.5 Å². The van der Waals surface area contributed by atoms with Crippen LogP contribution in [0.15, 0.2) is 45.8 Å². The molecular formula is C20H17BrClNO3S2. The topological polar surface area (TPSA) is 38.8 Å². The Morgan fingerprint density at radius 3 is 2.57 bits per heavy atom. The zero-order chi connectivity index (χ0) is 20.3. The Bertz CT molecular complexity index is 947. The van der Waals surface area contributed by atoms with Gasteiger partial charge in [0.25, 0.3) is 5.91 Å². The van der Waals surface area contributed by atoms with Gasteiger partial charge in [-0.1, -0.05) is 63.6 Å². The Morgan fingerprint density at radius 1 is 1.25 bits per heavy atom. The number of methoxy groups -OCH3 is 1. The molecule has 4 nitrogen and oxygen atoms in total. The number of hydrogen-bond donors (Lipinski definition) is 0. The minimum atomic E-state index is -0.0774. The lowest BCUT2D eigenvalue weighted by atomic mass is 10.1. The molecule has 0 bridgehead atoms. The highest BCUT2D eigenvalue weighted by molar-refractivity contribution is 9.10. The molecule has 1 saturated heterocycles. The van der Waals surface area contributed by atoms with Crippen molar-refractivity contribution in [3.8, 4) is 11.5 Å². The molecule has 1 amide bonds. The third kappa shape index (κ3) is 4.71. The molecule has 0 atom stereocenters. The van der Waals surface area contributed by atoms with E-state index in [1.165, 1.54) is 11.8 Å². The van der Waals surface area contributed by atoms with Crippen molar-refractivity contribution in [2.24, 2.45) is 0 Å². The van der Waals surface area contributed by atoms with E-state index in [1.807, 2.05) is 49.4 Å². The molecule has 2 aromatic carbocycles. The Morgan fingerprint density at radius 2 is 1.96 bits per heavy atom. The van der Waals surface area contributed by atoms with Crippen LogP contribution in [0.1, 0.15) is 18.1 Å². The molecule has 1 aliphatic rings. The van der Waals surface area contributed by atoms with Crippen LogP contribution in [0.25, 0.3) is 6.08 Å².